The number of Topliss-reactive ketones (excluding diaryl/α,β-unsaturated/α-hetero) is 1. The van der Waals surface area contributed by atoms with Crippen LogP contribution in [0.5, 0.6) is 5.88 Å². The van der Waals surface area contributed by atoms with E-state index in [4.69, 9.17) is 16.2 Å². The van der Waals surface area contributed by atoms with Crippen LogP contribution in [0, 0.1) is 5.92 Å². The lowest BCUT2D eigenvalue weighted by atomic mass is 10.0. The van der Waals surface area contributed by atoms with Crippen LogP contribution in [-0.2, 0) is 6.42 Å². The zero-order chi connectivity index (χ0) is 23.5. The molecule has 0 radical (unpaired) electrons. The second kappa shape index (κ2) is 9.72. The standard InChI is InChI=1S/C25H29N7O2/c26-18-2-1-9-32(14-18)22-7-8-28-11-17(22)10-23(33)25-19(27)5-6-20(31-25)21-12-29-13-24(30-21)34-15-16-3-4-16/h5-8,11-13,16,18H,1-4,9-10,14-15,26-27H2/t18-/m0/s1. The van der Waals surface area contributed by atoms with Crippen molar-refractivity contribution in [1.29, 1.82) is 0 Å². The van der Waals surface area contributed by atoms with E-state index in [1.807, 2.05) is 6.07 Å². The fourth-order valence-corrected chi connectivity index (χ4v) is 4.21. The predicted octanol–water partition coefficient (Wildman–Crippen LogP) is 2.66. The van der Waals surface area contributed by atoms with Gasteiger partial charge in [0.25, 0.3) is 0 Å². The highest BCUT2D eigenvalue weighted by Crippen LogP contribution is 2.30. The Bertz CT molecular complexity index is 1180. The number of ketones is 1. The van der Waals surface area contributed by atoms with Gasteiger partial charge in [0, 0.05) is 49.2 Å². The second-order valence-electron chi connectivity index (χ2n) is 9.08. The van der Waals surface area contributed by atoms with Gasteiger partial charge >= 0.3 is 0 Å². The number of rotatable bonds is 8. The molecule has 2 aliphatic rings. The third-order valence-corrected chi connectivity index (χ3v) is 6.26. The quantitative estimate of drug-likeness (QED) is 0.488. The number of aromatic nitrogens is 4. The Labute approximate surface area is 198 Å². The number of carbonyl (C=O) groups excluding carboxylic acids is 1. The van der Waals surface area contributed by atoms with E-state index in [1.54, 1.807) is 36.9 Å². The number of anilines is 2. The molecule has 0 unspecified atom stereocenters. The zero-order valence-electron chi connectivity index (χ0n) is 19.1. The third kappa shape index (κ3) is 5.14. The Kier molecular flexibility index (Phi) is 6.35. The summed E-state index contributed by atoms with van der Waals surface area (Å²) in [7, 11) is 0. The number of pyridine rings is 2. The van der Waals surface area contributed by atoms with E-state index in [2.05, 4.69) is 24.8 Å². The van der Waals surface area contributed by atoms with Crippen LogP contribution in [0.15, 0.2) is 43.0 Å². The molecule has 176 valence electrons. The van der Waals surface area contributed by atoms with Crippen molar-refractivity contribution in [2.75, 3.05) is 30.3 Å². The molecule has 4 heterocycles. The predicted molar refractivity (Wildman–Crippen MR) is 130 cm³/mol. The Hall–Kier alpha value is -3.59. The van der Waals surface area contributed by atoms with E-state index in [9.17, 15) is 4.79 Å². The first-order valence-electron chi connectivity index (χ1n) is 11.7. The third-order valence-electron chi connectivity index (χ3n) is 6.26. The summed E-state index contributed by atoms with van der Waals surface area (Å²) in [6.07, 6.45) is 11.2. The Morgan fingerprint density at radius 3 is 2.76 bits per heavy atom. The van der Waals surface area contributed by atoms with Gasteiger partial charge in [-0.25, -0.2) is 9.97 Å². The van der Waals surface area contributed by atoms with Crippen molar-refractivity contribution in [3.8, 4) is 17.3 Å². The minimum atomic E-state index is -0.177. The molecule has 1 aliphatic carbocycles. The van der Waals surface area contributed by atoms with Crippen LogP contribution < -0.4 is 21.1 Å². The first kappa shape index (κ1) is 22.2. The van der Waals surface area contributed by atoms with Crippen LogP contribution in [-0.4, -0.2) is 51.5 Å². The molecule has 0 bridgehead atoms. The molecule has 9 heteroatoms. The molecule has 3 aromatic rings. The normalized spacial score (nSPS) is 18.0. The van der Waals surface area contributed by atoms with E-state index in [0.717, 1.165) is 37.2 Å². The number of hydrogen-bond acceptors (Lipinski definition) is 9. The number of ether oxygens (including phenoxy) is 1. The first-order chi connectivity index (χ1) is 16.6. The summed E-state index contributed by atoms with van der Waals surface area (Å²) in [5.41, 5.74) is 15.7. The van der Waals surface area contributed by atoms with Crippen molar-refractivity contribution in [3.05, 3.63) is 54.2 Å². The van der Waals surface area contributed by atoms with E-state index in [1.165, 1.54) is 12.8 Å². The number of carbonyl (C=O) groups is 1. The zero-order valence-corrected chi connectivity index (χ0v) is 19.1. The topological polar surface area (TPSA) is 133 Å². The summed E-state index contributed by atoms with van der Waals surface area (Å²) in [5.74, 6) is 0.891. The molecule has 0 amide bonds. The largest absolute Gasteiger partial charge is 0.476 e. The number of hydrogen-bond donors (Lipinski definition) is 2. The van der Waals surface area contributed by atoms with Gasteiger partial charge in [-0.15, -0.1) is 0 Å². The van der Waals surface area contributed by atoms with Crippen molar-refractivity contribution in [2.45, 2.75) is 38.1 Å². The molecule has 0 aromatic carbocycles. The molecule has 1 saturated carbocycles. The summed E-state index contributed by atoms with van der Waals surface area (Å²) in [4.78, 5) is 33.1. The highest BCUT2D eigenvalue weighted by atomic mass is 16.5. The van der Waals surface area contributed by atoms with Gasteiger partial charge in [0.2, 0.25) is 5.88 Å². The van der Waals surface area contributed by atoms with E-state index in [-0.39, 0.29) is 23.9 Å². The lowest BCUT2D eigenvalue weighted by Crippen LogP contribution is -2.43. The first-order valence-corrected chi connectivity index (χ1v) is 11.7. The van der Waals surface area contributed by atoms with E-state index < -0.39 is 0 Å². The van der Waals surface area contributed by atoms with Gasteiger partial charge in [-0.2, -0.15) is 0 Å². The Morgan fingerprint density at radius 1 is 1.06 bits per heavy atom. The summed E-state index contributed by atoms with van der Waals surface area (Å²) in [5, 5.41) is 0. The van der Waals surface area contributed by atoms with Gasteiger partial charge in [0.15, 0.2) is 5.78 Å². The van der Waals surface area contributed by atoms with Gasteiger partial charge in [0.05, 0.1) is 30.4 Å². The monoisotopic (exact) mass is 459 g/mol. The number of piperidine rings is 1. The minimum absolute atomic E-state index is 0.129. The van der Waals surface area contributed by atoms with E-state index in [0.29, 0.717) is 35.5 Å². The Morgan fingerprint density at radius 2 is 1.94 bits per heavy atom. The van der Waals surface area contributed by atoms with Crippen molar-refractivity contribution < 1.29 is 9.53 Å². The lowest BCUT2D eigenvalue weighted by Gasteiger charge is -2.33. The van der Waals surface area contributed by atoms with Gasteiger partial charge in [-0.3, -0.25) is 14.8 Å². The molecular formula is C25H29N7O2. The molecule has 1 atom stereocenters. The van der Waals surface area contributed by atoms with Crippen LogP contribution in [0.1, 0.15) is 41.7 Å². The maximum atomic E-state index is 13.3. The molecule has 4 N–H and O–H groups in total. The molecule has 2 fully saturated rings. The van der Waals surface area contributed by atoms with Gasteiger partial charge in [-0.1, -0.05) is 0 Å². The van der Waals surface area contributed by atoms with Crippen LogP contribution >= 0.6 is 0 Å². The Balaban J connectivity index is 1.36. The molecule has 9 nitrogen and oxygen atoms in total. The van der Waals surface area contributed by atoms with Crippen molar-refractivity contribution >= 4 is 17.2 Å². The fourth-order valence-electron chi connectivity index (χ4n) is 4.21. The van der Waals surface area contributed by atoms with Crippen molar-refractivity contribution in [3.63, 3.8) is 0 Å². The average molecular weight is 460 g/mol. The van der Waals surface area contributed by atoms with Crippen LogP contribution in [0.4, 0.5) is 11.4 Å². The van der Waals surface area contributed by atoms with Crippen molar-refractivity contribution in [2.24, 2.45) is 11.7 Å². The maximum Gasteiger partial charge on any atom is 0.232 e. The number of nitrogen functional groups attached to an aromatic ring is 1. The number of nitrogens with zero attached hydrogens (tertiary/aromatic N) is 5. The lowest BCUT2D eigenvalue weighted by molar-refractivity contribution is 0.0989. The second-order valence-corrected chi connectivity index (χ2v) is 9.08. The molecule has 1 saturated heterocycles. The minimum Gasteiger partial charge on any atom is -0.476 e. The van der Waals surface area contributed by atoms with E-state index >= 15 is 0 Å². The molecular weight excluding hydrogens is 430 g/mol. The SMILES string of the molecule is Nc1ccc(-c2cncc(OCC3CC3)n2)nc1C(=O)Cc1cnccc1N1CCC[C@H](N)C1. The smallest absolute Gasteiger partial charge is 0.232 e. The molecule has 0 spiro atoms. The summed E-state index contributed by atoms with van der Waals surface area (Å²) < 4.78 is 5.74. The van der Waals surface area contributed by atoms with Gasteiger partial charge < -0.3 is 21.1 Å². The van der Waals surface area contributed by atoms with Crippen LogP contribution in [0.2, 0.25) is 0 Å². The highest BCUT2D eigenvalue weighted by molar-refractivity contribution is 6.01. The van der Waals surface area contributed by atoms with Crippen LogP contribution in [0.3, 0.4) is 0 Å². The van der Waals surface area contributed by atoms with Gasteiger partial charge in [-0.05, 0) is 49.8 Å². The van der Waals surface area contributed by atoms with Crippen molar-refractivity contribution in [1.82, 2.24) is 19.9 Å². The summed E-state index contributed by atoms with van der Waals surface area (Å²) in [6, 6.07) is 5.50. The summed E-state index contributed by atoms with van der Waals surface area (Å²) in [6.45, 7) is 2.32. The molecule has 1 aliphatic heterocycles. The molecule has 34 heavy (non-hydrogen) atoms. The fraction of sp³-hybridized carbons (Fsp3) is 0.400. The van der Waals surface area contributed by atoms with Crippen LogP contribution in [0.25, 0.3) is 11.4 Å². The molecule has 5 rings (SSSR count). The maximum absolute atomic E-state index is 13.3. The summed E-state index contributed by atoms with van der Waals surface area (Å²) >= 11 is 0. The average Bonchev–Trinajstić information content (AvgIpc) is 3.68. The number of nitrogens with two attached hydrogens (primary N) is 2. The molecule has 3 aromatic heterocycles. The van der Waals surface area contributed by atoms with Gasteiger partial charge in [0.1, 0.15) is 11.4 Å². The highest BCUT2D eigenvalue weighted by Gasteiger charge is 2.23.